The molecule has 8 heteroatoms. The van der Waals surface area contributed by atoms with E-state index in [0.717, 1.165) is 23.4 Å². The average molecular weight is 390 g/mol. The van der Waals surface area contributed by atoms with Gasteiger partial charge in [-0.25, -0.2) is 4.79 Å². The van der Waals surface area contributed by atoms with E-state index in [0.29, 0.717) is 16.5 Å². The molecule has 0 aliphatic rings. The van der Waals surface area contributed by atoms with Gasteiger partial charge in [-0.05, 0) is 55.2 Å². The summed E-state index contributed by atoms with van der Waals surface area (Å²) in [6.45, 7) is 1.92. The Balaban J connectivity index is 1.77. The number of nitrogens with one attached hydrogen (secondary N) is 2. The van der Waals surface area contributed by atoms with Crippen LogP contribution in [-0.4, -0.2) is 32.6 Å². The minimum Gasteiger partial charge on any atom is -0.328 e. The summed E-state index contributed by atoms with van der Waals surface area (Å²) in [5, 5.41) is 14.9. The van der Waals surface area contributed by atoms with E-state index in [9.17, 15) is 4.79 Å². The molecule has 0 saturated carbocycles. The SMILES string of the molecule is CSCCC(NC(=O)Nc1ccc(C)c(Cl)c1)c1nnc2ccccn12. The number of halogens is 1. The molecule has 2 heterocycles. The van der Waals surface area contributed by atoms with Crippen LogP contribution in [0, 0.1) is 6.92 Å². The molecule has 0 spiro atoms. The number of anilines is 1. The fourth-order valence-corrected chi connectivity index (χ4v) is 3.25. The van der Waals surface area contributed by atoms with E-state index >= 15 is 0 Å². The standard InChI is InChI=1S/C18H20ClN5OS/c1-12-6-7-13(11-14(12)19)20-18(25)21-15(8-10-26-2)17-23-22-16-5-3-4-9-24(16)17/h3-7,9,11,15H,8,10H2,1-2H3,(H2,20,21,25). The van der Waals surface area contributed by atoms with Gasteiger partial charge in [0.2, 0.25) is 0 Å². The molecule has 26 heavy (non-hydrogen) atoms. The topological polar surface area (TPSA) is 71.3 Å². The smallest absolute Gasteiger partial charge is 0.319 e. The van der Waals surface area contributed by atoms with E-state index in [1.807, 2.05) is 54.1 Å². The minimum atomic E-state index is -0.302. The summed E-state index contributed by atoms with van der Waals surface area (Å²) in [5.41, 5.74) is 2.36. The Hall–Kier alpha value is -2.25. The van der Waals surface area contributed by atoms with Gasteiger partial charge in [-0.2, -0.15) is 11.8 Å². The zero-order valence-electron chi connectivity index (χ0n) is 14.6. The number of pyridine rings is 1. The molecule has 1 unspecified atom stereocenters. The van der Waals surface area contributed by atoms with Gasteiger partial charge >= 0.3 is 6.03 Å². The third-order valence-corrected chi connectivity index (χ3v) is 5.05. The van der Waals surface area contributed by atoms with Crippen LogP contribution >= 0.6 is 23.4 Å². The third-order valence-electron chi connectivity index (χ3n) is 4.00. The lowest BCUT2D eigenvalue weighted by Gasteiger charge is -2.17. The van der Waals surface area contributed by atoms with Crippen LogP contribution in [0.15, 0.2) is 42.6 Å². The first-order valence-corrected chi connectivity index (χ1v) is 9.98. The van der Waals surface area contributed by atoms with Gasteiger partial charge in [-0.15, -0.1) is 10.2 Å². The molecule has 0 aliphatic carbocycles. The van der Waals surface area contributed by atoms with E-state index < -0.39 is 0 Å². The lowest BCUT2D eigenvalue weighted by molar-refractivity contribution is 0.247. The number of hydrogen-bond acceptors (Lipinski definition) is 4. The van der Waals surface area contributed by atoms with Crippen molar-refractivity contribution < 1.29 is 4.79 Å². The molecule has 6 nitrogen and oxygen atoms in total. The predicted molar refractivity (Wildman–Crippen MR) is 107 cm³/mol. The van der Waals surface area contributed by atoms with Crippen LogP contribution in [0.4, 0.5) is 10.5 Å². The minimum absolute atomic E-state index is 0.249. The van der Waals surface area contributed by atoms with Crippen molar-refractivity contribution in [3.8, 4) is 0 Å². The van der Waals surface area contributed by atoms with E-state index in [-0.39, 0.29) is 12.1 Å². The molecule has 2 N–H and O–H groups in total. The van der Waals surface area contributed by atoms with Crippen LogP contribution in [-0.2, 0) is 0 Å². The van der Waals surface area contributed by atoms with Gasteiger partial charge in [0.1, 0.15) is 0 Å². The summed E-state index contributed by atoms with van der Waals surface area (Å²) in [4.78, 5) is 12.5. The third kappa shape index (κ3) is 4.28. The van der Waals surface area contributed by atoms with Gasteiger partial charge in [0, 0.05) is 16.9 Å². The maximum atomic E-state index is 12.5. The van der Waals surface area contributed by atoms with Crippen LogP contribution < -0.4 is 10.6 Å². The zero-order valence-corrected chi connectivity index (χ0v) is 16.1. The first kappa shape index (κ1) is 18.5. The largest absolute Gasteiger partial charge is 0.328 e. The van der Waals surface area contributed by atoms with Crippen LogP contribution in [0.5, 0.6) is 0 Å². The quantitative estimate of drug-likeness (QED) is 0.659. The van der Waals surface area contributed by atoms with Crippen molar-refractivity contribution in [3.05, 3.63) is 59.0 Å². The molecule has 3 aromatic rings. The normalized spacial score (nSPS) is 12.1. The molecule has 2 amide bonds. The highest BCUT2D eigenvalue weighted by Gasteiger charge is 2.20. The predicted octanol–water partition coefficient (Wildman–Crippen LogP) is 4.31. The van der Waals surface area contributed by atoms with Gasteiger partial charge in [0.15, 0.2) is 11.5 Å². The first-order chi connectivity index (χ1) is 12.6. The van der Waals surface area contributed by atoms with Crippen LogP contribution in [0.25, 0.3) is 5.65 Å². The molecule has 136 valence electrons. The van der Waals surface area contributed by atoms with Crippen molar-refractivity contribution in [2.75, 3.05) is 17.3 Å². The number of nitrogens with zero attached hydrogens (tertiary/aromatic N) is 3. The number of rotatable bonds is 6. The Bertz CT molecular complexity index is 913. The number of carbonyl (C=O) groups excluding carboxylic acids is 1. The van der Waals surface area contributed by atoms with Gasteiger partial charge in [-0.3, -0.25) is 4.40 Å². The summed E-state index contributed by atoms with van der Waals surface area (Å²) in [6, 6.07) is 10.6. The van der Waals surface area contributed by atoms with Crippen molar-refractivity contribution in [1.82, 2.24) is 19.9 Å². The van der Waals surface area contributed by atoms with E-state index in [2.05, 4.69) is 20.8 Å². The van der Waals surface area contributed by atoms with Crippen molar-refractivity contribution in [3.63, 3.8) is 0 Å². The lowest BCUT2D eigenvalue weighted by atomic mass is 10.2. The Kier molecular flexibility index (Phi) is 6.00. The van der Waals surface area contributed by atoms with E-state index in [4.69, 9.17) is 11.6 Å². The number of amides is 2. The lowest BCUT2D eigenvalue weighted by Crippen LogP contribution is -2.34. The number of urea groups is 1. The molecule has 0 fully saturated rings. The fraction of sp³-hybridized carbons (Fsp3) is 0.278. The summed E-state index contributed by atoms with van der Waals surface area (Å²) in [6.07, 6.45) is 4.68. The summed E-state index contributed by atoms with van der Waals surface area (Å²) in [5.74, 6) is 1.61. The number of benzene rings is 1. The number of aromatic nitrogens is 3. The van der Waals surface area contributed by atoms with Crippen molar-refractivity contribution >= 4 is 40.7 Å². The summed E-state index contributed by atoms with van der Waals surface area (Å²) < 4.78 is 1.90. The Morgan fingerprint density at radius 1 is 1.31 bits per heavy atom. The van der Waals surface area contributed by atoms with Gasteiger partial charge in [-0.1, -0.05) is 23.7 Å². The zero-order chi connectivity index (χ0) is 18.5. The van der Waals surface area contributed by atoms with Gasteiger partial charge < -0.3 is 10.6 Å². The Morgan fingerprint density at radius 3 is 2.92 bits per heavy atom. The number of fused-ring (bicyclic) bond motifs is 1. The Labute approximate surface area is 161 Å². The van der Waals surface area contributed by atoms with Gasteiger partial charge in [0.05, 0.1) is 6.04 Å². The van der Waals surface area contributed by atoms with Crippen molar-refractivity contribution in [2.45, 2.75) is 19.4 Å². The molecule has 0 radical (unpaired) electrons. The molecular weight excluding hydrogens is 370 g/mol. The van der Waals surface area contributed by atoms with E-state index in [1.54, 1.807) is 17.8 Å². The number of hydrogen-bond donors (Lipinski definition) is 2. The summed E-state index contributed by atoms with van der Waals surface area (Å²) in [7, 11) is 0. The number of thioether (sulfide) groups is 1. The van der Waals surface area contributed by atoms with Crippen molar-refractivity contribution in [2.24, 2.45) is 0 Å². The Morgan fingerprint density at radius 2 is 2.15 bits per heavy atom. The highest BCUT2D eigenvalue weighted by atomic mass is 35.5. The number of aryl methyl sites for hydroxylation is 1. The van der Waals surface area contributed by atoms with Crippen LogP contribution in [0.1, 0.15) is 23.9 Å². The van der Waals surface area contributed by atoms with Crippen LogP contribution in [0.3, 0.4) is 0 Å². The molecule has 1 atom stereocenters. The van der Waals surface area contributed by atoms with Gasteiger partial charge in [0.25, 0.3) is 0 Å². The highest BCUT2D eigenvalue weighted by Crippen LogP contribution is 2.21. The second kappa shape index (κ2) is 8.42. The molecule has 0 aliphatic heterocycles. The molecular formula is C18H20ClN5OS. The monoisotopic (exact) mass is 389 g/mol. The summed E-state index contributed by atoms with van der Waals surface area (Å²) >= 11 is 7.84. The fourth-order valence-electron chi connectivity index (χ4n) is 2.60. The van der Waals surface area contributed by atoms with Crippen LogP contribution in [0.2, 0.25) is 5.02 Å². The maximum absolute atomic E-state index is 12.5. The maximum Gasteiger partial charge on any atom is 0.319 e. The molecule has 3 rings (SSSR count). The second-order valence-corrected chi connectivity index (χ2v) is 7.28. The van der Waals surface area contributed by atoms with Crippen molar-refractivity contribution in [1.29, 1.82) is 0 Å². The van der Waals surface area contributed by atoms with E-state index in [1.165, 1.54) is 0 Å². The average Bonchev–Trinajstić information content (AvgIpc) is 3.06. The molecule has 2 aromatic heterocycles. The molecule has 0 bridgehead atoms. The highest BCUT2D eigenvalue weighted by molar-refractivity contribution is 7.98. The molecule has 0 saturated heterocycles. The second-order valence-electron chi connectivity index (χ2n) is 5.88. The number of carbonyl (C=O) groups is 1. The first-order valence-electron chi connectivity index (χ1n) is 8.20. The molecule has 1 aromatic carbocycles.